The predicted molar refractivity (Wildman–Crippen MR) is 163 cm³/mol. The number of para-hydroxylation sites is 1. The van der Waals surface area contributed by atoms with Crippen LogP contribution in [-0.2, 0) is 25.7 Å². The summed E-state index contributed by atoms with van der Waals surface area (Å²) < 4.78 is 7.18. The highest BCUT2D eigenvalue weighted by Gasteiger charge is 2.10. The first kappa shape index (κ1) is 34.5. The molecule has 1 aliphatic rings. The van der Waals surface area contributed by atoms with Crippen molar-refractivity contribution in [2.45, 2.75) is 32.2 Å². The predicted octanol–water partition coefficient (Wildman–Crippen LogP) is 4.59. The van der Waals surface area contributed by atoms with Gasteiger partial charge in [0.05, 0.1) is 16.8 Å². The van der Waals surface area contributed by atoms with Gasteiger partial charge in [-0.1, -0.05) is 42.0 Å². The summed E-state index contributed by atoms with van der Waals surface area (Å²) in [6, 6.07) is 16.8. The number of fused-ring (bicyclic) bond motifs is 1. The molecule has 4 rings (SSSR count). The summed E-state index contributed by atoms with van der Waals surface area (Å²) in [6.07, 6.45) is 7.22. The van der Waals surface area contributed by atoms with Crippen molar-refractivity contribution in [2.24, 2.45) is 0 Å². The lowest BCUT2D eigenvalue weighted by Crippen LogP contribution is -2.29. The summed E-state index contributed by atoms with van der Waals surface area (Å²) in [4.78, 5) is 45.4. The molecule has 0 amide bonds. The van der Waals surface area contributed by atoms with E-state index >= 15 is 0 Å². The number of benzene rings is 2. The van der Waals surface area contributed by atoms with Crippen LogP contribution >= 0.6 is 11.3 Å². The molecule has 230 valence electrons. The first-order valence-electron chi connectivity index (χ1n) is 13.4. The normalized spacial score (nSPS) is 13.0. The molecule has 3 aromatic rings. The number of carboxylic acid groups (broad SMARTS) is 4. The highest BCUT2D eigenvalue weighted by Crippen LogP contribution is 2.25. The number of hydrogen-bond donors (Lipinski definition) is 5. The average Bonchev–Trinajstić information content (AvgIpc) is 3.39. The number of thiazole rings is 1. The summed E-state index contributed by atoms with van der Waals surface area (Å²) in [7, 11) is 0. The lowest BCUT2D eigenvalue weighted by molar-refractivity contribution is -0.134. The summed E-state index contributed by atoms with van der Waals surface area (Å²) in [5.74, 6) is -4.05. The monoisotopic (exact) mass is 613 g/mol. The van der Waals surface area contributed by atoms with E-state index in [4.69, 9.17) is 25.2 Å². The number of hydrogen-bond acceptors (Lipinski definition) is 9. The Morgan fingerprint density at radius 1 is 0.837 bits per heavy atom. The second kappa shape index (κ2) is 19.4. The van der Waals surface area contributed by atoms with Crippen LogP contribution in [0, 0.1) is 0 Å². The average molecular weight is 614 g/mol. The number of piperidine rings is 1. The highest BCUT2D eigenvalue weighted by molar-refractivity contribution is 7.22. The quantitative estimate of drug-likeness (QED) is 0.141. The molecule has 0 aliphatic carbocycles. The van der Waals surface area contributed by atoms with Gasteiger partial charge in [0.2, 0.25) is 0 Å². The second-order valence-electron chi connectivity index (χ2n) is 9.12. The number of rotatable bonds is 12. The second-order valence-corrected chi connectivity index (χ2v) is 10.2. The summed E-state index contributed by atoms with van der Waals surface area (Å²) >= 11 is 1.70. The summed E-state index contributed by atoms with van der Waals surface area (Å²) in [5.41, 5.74) is 2.41. The fourth-order valence-electron chi connectivity index (χ4n) is 3.80. The first-order valence-corrected chi connectivity index (χ1v) is 14.3. The molecule has 2 heterocycles. The van der Waals surface area contributed by atoms with E-state index < -0.39 is 23.9 Å². The number of carboxylic acids is 4. The summed E-state index contributed by atoms with van der Waals surface area (Å²) in [6.45, 7) is 5.07. The molecule has 0 saturated carbocycles. The van der Waals surface area contributed by atoms with Gasteiger partial charge in [0.1, 0.15) is 5.75 Å². The maximum atomic E-state index is 9.55. The van der Waals surface area contributed by atoms with E-state index in [1.807, 2.05) is 6.07 Å². The molecule has 0 radical (unpaired) electrons. The Balaban J connectivity index is 0.000000334. The molecule has 1 aliphatic heterocycles. The zero-order valence-corrected chi connectivity index (χ0v) is 24.2. The zero-order valence-electron chi connectivity index (χ0n) is 23.4. The first-order chi connectivity index (χ1) is 20.6. The Morgan fingerprint density at radius 3 is 2.02 bits per heavy atom. The van der Waals surface area contributed by atoms with Crippen LogP contribution in [0.5, 0.6) is 5.75 Å². The van der Waals surface area contributed by atoms with Gasteiger partial charge in [-0.2, -0.15) is 0 Å². The van der Waals surface area contributed by atoms with Gasteiger partial charge in [-0.3, -0.25) is 4.90 Å². The molecule has 43 heavy (non-hydrogen) atoms. The molecular weight excluding hydrogens is 578 g/mol. The Bertz CT molecular complexity index is 1300. The molecule has 1 aromatic heterocycles. The van der Waals surface area contributed by atoms with Crippen molar-refractivity contribution in [3.63, 3.8) is 0 Å². The minimum Gasteiger partial charge on any atom is -0.494 e. The van der Waals surface area contributed by atoms with Crippen molar-refractivity contribution < 1.29 is 44.3 Å². The molecule has 1 fully saturated rings. The molecule has 0 spiro atoms. The van der Waals surface area contributed by atoms with Crippen molar-refractivity contribution >= 4 is 50.6 Å². The summed E-state index contributed by atoms with van der Waals surface area (Å²) in [5, 5.41) is 35.6. The fraction of sp³-hybridized carbons (Fsp3) is 0.300. The molecule has 5 N–H and O–H groups in total. The van der Waals surface area contributed by atoms with E-state index in [-0.39, 0.29) is 0 Å². The molecule has 12 nitrogen and oxygen atoms in total. The van der Waals surface area contributed by atoms with E-state index in [1.165, 1.54) is 42.6 Å². The van der Waals surface area contributed by atoms with Gasteiger partial charge in [-0.25, -0.2) is 24.2 Å². The molecule has 0 atom stereocenters. The minimum atomic E-state index is -1.26. The lowest BCUT2D eigenvalue weighted by Gasteiger charge is -2.26. The maximum Gasteiger partial charge on any atom is 0.328 e. The number of ether oxygens (including phenoxy) is 1. The van der Waals surface area contributed by atoms with Crippen LogP contribution in [0.1, 0.15) is 31.2 Å². The van der Waals surface area contributed by atoms with E-state index in [9.17, 15) is 19.2 Å². The third kappa shape index (κ3) is 15.7. The van der Waals surface area contributed by atoms with Crippen molar-refractivity contribution in [1.29, 1.82) is 0 Å². The molecule has 0 bridgehead atoms. The number of aliphatic carboxylic acids is 4. The molecular formula is C30H35N3O9S. The number of nitrogens with one attached hydrogen (secondary N) is 1. The van der Waals surface area contributed by atoms with Crippen molar-refractivity contribution in [1.82, 2.24) is 9.88 Å². The van der Waals surface area contributed by atoms with Crippen molar-refractivity contribution in [3.8, 4) is 5.75 Å². The van der Waals surface area contributed by atoms with Crippen LogP contribution in [0.2, 0.25) is 0 Å². The number of likely N-dealkylation sites (tertiary alicyclic amines) is 1. The topological polar surface area (TPSA) is 187 Å². The Morgan fingerprint density at radius 2 is 1.44 bits per heavy atom. The van der Waals surface area contributed by atoms with Gasteiger partial charge in [0.15, 0.2) is 5.13 Å². The Labute approximate surface area is 252 Å². The van der Waals surface area contributed by atoms with Crippen LogP contribution in [0.25, 0.3) is 10.2 Å². The van der Waals surface area contributed by atoms with E-state index in [1.54, 1.807) is 11.3 Å². The number of aromatic nitrogens is 1. The van der Waals surface area contributed by atoms with Crippen molar-refractivity contribution in [2.75, 3.05) is 31.6 Å². The van der Waals surface area contributed by atoms with Gasteiger partial charge in [-0.15, -0.1) is 0 Å². The fourth-order valence-corrected chi connectivity index (χ4v) is 4.69. The van der Waals surface area contributed by atoms with Gasteiger partial charge < -0.3 is 30.5 Å². The van der Waals surface area contributed by atoms with Crippen LogP contribution < -0.4 is 10.1 Å². The largest absolute Gasteiger partial charge is 0.494 e. The third-order valence-corrected chi connectivity index (χ3v) is 6.64. The SMILES string of the molecule is O=C(O)/C=C\C(=O)O.O=C(O)/C=C\C(=O)O.c1cc(CN2CCCCC2)cc(OCCCNc2nc3ccccc3s2)c1. The minimum absolute atomic E-state index is 0.558. The van der Waals surface area contributed by atoms with Crippen LogP contribution in [0.3, 0.4) is 0 Å². The van der Waals surface area contributed by atoms with E-state index in [0.29, 0.717) is 30.9 Å². The van der Waals surface area contributed by atoms with Gasteiger partial charge >= 0.3 is 23.9 Å². The third-order valence-electron chi connectivity index (χ3n) is 5.65. The van der Waals surface area contributed by atoms with Crippen LogP contribution in [0.15, 0.2) is 72.8 Å². The smallest absolute Gasteiger partial charge is 0.328 e. The maximum absolute atomic E-state index is 9.55. The number of nitrogens with zero attached hydrogens (tertiary/aromatic N) is 2. The van der Waals surface area contributed by atoms with Crippen LogP contribution in [-0.4, -0.2) is 80.4 Å². The van der Waals surface area contributed by atoms with Crippen molar-refractivity contribution in [3.05, 3.63) is 78.4 Å². The van der Waals surface area contributed by atoms with E-state index in [2.05, 4.69) is 57.7 Å². The number of anilines is 1. The highest BCUT2D eigenvalue weighted by atomic mass is 32.1. The van der Waals surface area contributed by atoms with Gasteiger partial charge in [-0.05, 0) is 62.2 Å². The molecule has 2 aromatic carbocycles. The Kier molecular flexibility index (Phi) is 15.5. The van der Waals surface area contributed by atoms with Gasteiger partial charge in [0, 0.05) is 37.4 Å². The lowest BCUT2D eigenvalue weighted by atomic mass is 10.1. The zero-order chi connectivity index (χ0) is 31.5. The molecule has 13 heteroatoms. The number of carbonyl (C=O) groups is 4. The van der Waals surface area contributed by atoms with Crippen LogP contribution in [0.4, 0.5) is 5.13 Å². The Hall–Kier alpha value is -4.75. The molecule has 0 unspecified atom stereocenters. The van der Waals surface area contributed by atoms with Gasteiger partial charge in [0.25, 0.3) is 0 Å². The van der Waals surface area contributed by atoms with E-state index in [0.717, 1.165) is 35.9 Å². The molecule has 1 saturated heterocycles. The standard InChI is InChI=1S/C22H27N3OS.2C4H4O4/c1-4-13-25(14-5-1)17-18-8-6-9-19(16-18)26-15-7-12-23-22-24-20-10-2-3-11-21(20)27-22;2*5-3(6)1-2-4(7)8/h2-3,6,8-11,16H,1,4-5,7,12-15,17H2,(H,23,24);2*1-2H,(H,5,6)(H,7,8)/b;2*2-1-.